The van der Waals surface area contributed by atoms with E-state index >= 15 is 0 Å². The second-order valence-electron chi connectivity index (χ2n) is 12.9. The van der Waals surface area contributed by atoms with Crippen molar-refractivity contribution in [2.45, 2.75) is 189 Å². The zero-order chi connectivity index (χ0) is 34.3. The maximum Gasteiger partial charge on any atom is 0.0431 e. The number of hydrogen-bond donors (Lipinski definition) is 6. The Bertz CT molecular complexity index is 392. The van der Waals surface area contributed by atoms with Gasteiger partial charge in [-0.1, -0.05) is 138 Å². The number of aliphatic hydroxyl groups excluding tert-OH is 1. The van der Waals surface area contributed by atoms with E-state index in [4.69, 9.17) is 16.6 Å². The molecule has 1 atom stereocenters. The molecule has 45 heavy (non-hydrogen) atoms. The van der Waals surface area contributed by atoms with Gasteiger partial charge in [-0.05, 0) is 110 Å². The van der Waals surface area contributed by atoms with Crippen molar-refractivity contribution in [2.75, 3.05) is 59.0 Å². The highest BCUT2D eigenvalue weighted by Crippen LogP contribution is 2.04. The summed E-state index contributed by atoms with van der Waals surface area (Å²) < 4.78 is 0. The number of unbranched alkanes of at least 4 members (excludes halogenated alkanes) is 16. The van der Waals surface area contributed by atoms with Crippen molar-refractivity contribution in [1.29, 1.82) is 0 Å². The van der Waals surface area contributed by atoms with Gasteiger partial charge in [0.1, 0.15) is 0 Å². The van der Waals surface area contributed by atoms with Crippen LogP contribution >= 0.6 is 0 Å². The van der Waals surface area contributed by atoms with Crippen molar-refractivity contribution >= 4 is 0 Å². The number of nitrogens with one attached hydrogen (secondary N) is 3. The van der Waals surface area contributed by atoms with Crippen LogP contribution in [0.15, 0.2) is 0 Å². The van der Waals surface area contributed by atoms with E-state index in [9.17, 15) is 0 Å². The first-order chi connectivity index (χ1) is 22.1. The smallest absolute Gasteiger partial charge is 0.0431 e. The van der Waals surface area contributed by atoms with Crippen LogP contribution in [0.2, 0.25) is 0 Å². The average Bonchev–Trinajstić information content (AvgIpc) is 3.54. The zero-order valence-electron chi connectivity index (χ0n) is 32.3. The summed E-state index contributed by atoms with van der Waals surface area (Å²) in [6.45, 7) is 22.6. The first-order valence-corrected chi connectivity index (χ1v) is 20.2. The highest BCUT2D eigenvalue weighted by molar-refractivity contribution is 4.65. The normalized spacial score (nSPS) is 13.4. The van der Waals surface area contributed by atoms with E-state index in [1.807, 2.05) is 0 Å². The van der Waals surface area contributed by atoms with Crippen LogP contribution in [0.25, 0.3) is 0 Å². The van der Waals surface area contributed by atoms with Crippen LogP contribution in [0.3, 0.4) is 0 Å². The molecule has 1 aliphatic rings. The van der Waals surface area contributed by atoms with Gasteiger partial charge in [0.15, 0.2) is 0 Å². The molecule has 1 unspecified atom stereocenters. The van der Waals surface area contributed by atoms with Gasteiger partial charge in [-0.15, -0.1) is 0 Å². The van der Waals surface area contributed by atoms with Gasteiger partial charge < -0.3 is 32.5 Å². The average molecular weight is 646 g/mol. The quantitative estimate of drug-likeness (QED) is 0.0497. The largest absolute Gasteiger partial charge is 0.396 e. The third-order valence-corrected chi connectivity index (χ3v) is 7.77. The third kappa shape index (κ3) is 67.0. The molecular weight excluding hydrogens is 554 g/mol. The van der Waals surface area contributed by atoms with Crippen LogP contribution in [0.1, 0.15) is 189 Å². The van der Waals surface area contributed by atoms with E-state index in [1.54, 1.807) is 0 Å². The van der Waals surface area contributed by atoms with E-state index in [0.717, 1.165) is 38.5 Å². The molecule has 0 spiro atoms. The van der Waals surface area contributed by atoms with Gasteiger partial charge in [-0.2, -0.15) is 0 Å². The van der Waals surface area contributed by atoms with Crippen LogP contribution in [0.5, 0.6) is 0 Å². The van der Waals surface area contributed by atoms with Crippen LogP contribution in [-0.2, 0) is 0 Å². The Kier molecular flexibility index (Phi) is 64.3. The molecule has 0 bridgehead atoms. The van der Waals surface area contributed by atoms with Gasteiger partial charge in [0.25, 0.3) is 0 Å². The molecule has 6 heteroatoms. The third-order valence-electron chi connectivity index (χ3n) is 7.77. The van der Waals surface area contributed by atoms with Gasteiger partial charge in [0.2, 0.25) is 0 Å². The van der Waals surface area contributed by atoms with E-state index in [1.165, 1.54) is 167 Å². The van der Waals surface area contributed by atoms with Gasteiger partial charge in [0, 0.05) is 6.61 Å². The Morgan fingerprint density at radius 1 is 0.511 bits per heavy atom. The molecule has 0 aromatic carbocycles. The van der Waals surface area contributed by atoms with Crippen molar-refractivity contribution in [3.63, 3.8) is 0 Å². The fraction of sp³-hybridized carbons (Fsp3) is 1.00. The predicted octanol–water partition coefficient (Wildman–Crippen LogP) is 9.33. The minimum absolute atomic E-state index is 0.365. The minimum atomic E-state index is 0.365. The summed E-state index contributed by atoms with van der Waals surface area (Å²) in [7, 11) is 0. The van der Waals surface area contributed by atoms with Crippen molar-refractivity contribution in [2.24, 2.45) is 17.4 Å². The molecule has 0 amide bonds. The predicted molar refractivity (Wildman–Crippen MR) is 208 cm³/mol. The Labute approximate surface area is 286 Å². The summed E-state index contributed by atoms with van der Waals surface area (Å²) in [6.07, 6.45) is 30.0. The standard InChI is InChI=1S/C12H28N2.C8H20N2.C7H16O.C7H16.C5H11N/c1-2-3-11-14-12-9-7-5-4-6-8-10-13;1-2-7-10-8-5-3-4-6-9;1-2-3-4-5-6-7-8;1-3-5-7-6-4-2;1-5-2-3-6-4-5/h14H,2-13H2,1H3;10H,2-9H2,1H3;8H,2-7H2,1H3;3-7H2,1-2H3;5-6H,2-4H2,1H3. The molecule has 1 fully saturated rings. The lowest BCUT2D eigenvalue weighted by Crippen LogP contribution is -2.16. The van der Waals surface area contributed by atoms with Crippen molar-refractivity contribution in [3.05, 3.63) is 0 Å². The molecule has 8 N–H and O–H groups in total. The second-order valence-corrected chi connectivity index (χ2v) is 12.9. The highest BCUT2D eigenvalue weighted by Gasteiger charge is 2.06. The van der Waals surface area contributed by atoms with E-state index < -0.39 is 0 Å². The topological polar surface area (TPSA) is 108 Å². The van der Waals surface area contributed by atoms with Gasteiger partial charge in [-0.25, -0.2) is 0 Å². The maximum atomic E-state index is 8.37. The fourth-order valence-electron chi connectivity index (χ4n) is 4.59. The molecule has 1 rings (SSSR count). The summed E-state index contributed by atoms with van der Waals surface area (Å²) >= 11 is 0. The van der Waals surface area contributed by atoms with Crippen LogP contribution in [0, 0.1) is 5.92 Å². The van der Waals surface area contributed by atoms with Gasteiger partial charge in [0.05, 0.1) is 0 Å². The summed E-state index contributed by atoms with van der Waals surface area (Å²) in [6, 6.07) is 0. The molecule has 0 aromatic heterocycles. The first-order valence-electron chi connectivity index (χ1n) is 20.2. The van der Waals surface area contributed by atoms with E-state index in [-0.39, 0.29) is 0 Å². The molecule has 0 aliphatic carbocycles. The minimum Gasteiger partial charge on any atom is -0.396 e. The van der Waals surface area contributed by atoms with Crippen molar-refractivity contribution in [3.8, 4) is 0 Å². The van der Waals surface area contributed by atoms with Crippen molar-refractivity contribution < 1.29 is 5.11 Å². The lowest BCUT2D eigenvalue weighted by Gasteiger charge is -2.03. The summed E-state index contributed by atoms with van der Waals surface area (Å²) in [4.78, 5) is 0. The molecule has 6 nitrogen and oxygen atoms in total. The van der Waals surface area contributed by atoms with Crippen LogP contribution in [0.4, 0.5) is 0 Å². The fourth-order valence-corrected chi connectivity index (χ4v) is 4.59. The van der Waals surface area contributed by atoms with E-state index in [2.05, 4.69) is 57.5 Å². The van der Waals surface area contributed by atoms with Gasteiger partial charge >= 0.3 is 0 Å². The number of nitrogens with two attached hydrogens (primary N) is 2. The Morgan fingerprint density at radius 3 is 1.31 bits per heavy atom. The number of hydrogen-bond acceptors (Lipinski definition) is 6. The molecule has 0 radical (unpaired) electrons. The second kappa shape index (κ2) is 56.1. The Morgan fingerprint density at radius 2 is 0.911 bits per heavy atom. The Balaban J connectivity index is -0.000000241. The highest BCUT2D eigenvalue weighted by atomic mass is 16.2. The van der Waals surface area contributed by atoms with Crippen LogP contribution in [-0.4, -0.2) is 64.1 Å². The molecule has 0 saturated carbocycles. The Hall–Kier alpha value is -0.240. The monoisotopic (exact) mass is 646 g/mol. The van der Waals surface area contributed by atoms with Crippen molar-refractivity contribution in [1.82, 2.24) is 16.0 Å². The number of rotatable bonds is 27. The van der Waals surface area contributed by atoms with Gasteiger partial charge in [-0.3, -0.25) is 0 Å². The summed E-state index contributed by atoms with van der Waals surface area (Å²) in [5.74, 6) is 0.935. The summed E-state index contributed by atoms with van der Waals surface area (Å²) in [5, 5.41) is 18.5. The zero-order valence-corrected chi connectivity index (χ0v) is 32.3. The number of aliphatic hydroxyl groups is 1. The molecule has 278 valence electrons. The molecule has 0 aromatic rings. The first kappa shape index (κ1) is 51.6. The van der Waals surface area contributed by atoms with Crippen LogP contribution < -0.4 is 27.4 Å². The lowest BCUT2D eigenvalue weighted by atomic mass is 10.1. The molecule has 1 saturated heterocycles. The summed E-state index contributed by atoms with van der Waals surface area (Å²) in [5.41, 5.74) is 10.8. The molecule has 1 aliphatic heterocycles. The van der Waals surface area contributed by atoms with E-state index in [0.29, 0.717) is 6.61 Å². The molecular formula is C39H91N5O. The molecule has 1 heterocycles. The SMILES string of the molecule is CC1CCNC1.CCCCCCC.CCCCCCCO.CCCCNCCCCCCCCN.CCCNCCCCCN. The lowest BCUT2D eigenvalue weighted by molar-refractivity contribution is 0.282. The maximum absolute atomic E-state index is 8.37.